The standard InChI is InChI=1S/C13H26N2O3S/c1-4-18-12-10-11(14-19(16,17)15(2)3)13(12)8-6-5-7-9-13/h11-12,14H,4-10H2,1-3H3/t11-,12-/m1/s1. The van der Waals surface area contributed by atoms with Crippen molar-refractivity contribution >= 4 is 10.2 Å². The van der Waals surface area contributed by atoms with Crippen LogP contribution in [0.4, 0.5) is 0 Å². The Bertz CT molecular complexity index is 402. The number of rotatable bonds is 5. The Morgan fingerprint density at radius 2 is 1.89 bits per heavy atom. The first kappa shape index (κ1) is 15.2. The van der Waals surface area contributed by atoms with Crippen LogP contribution in [0.1, 0.15) is 45.4 Å². The van der Waals surface area contributed by atoms with E-state index in [0.29, 0.717) is 6.61 Å². The summed E-state index contributed by atoms with van der Waals surface area (Å²) in [6, 6.07) is 0.0387. The molecule has 2 atom stereocenters. The molecule has 6 heteroatoms. The molecular weight excluding hydrogens is 264 g/mol. The maximum atomic E-state index is 12.0. The molecule has 0 aromatic heterocycles. The molecule has 19 heavy (non-hydrogen) atoms. The van der Waals surface area contributed by atoms with E-state index < -0.39 is 10.2 Å². The van der Waals surface area contributed by atoms with Crippen LogP contribution < -0.4 is 4.72 Å². The second-order valence-corrected chi connectivity index (χ2v) is 7.85. The molecule has 2 aliphatic rings. The summed E-state index contributed by atoms with van der Waals surface area (Å²) in [4.78, 5) is 0. The van der Waals surface area contributed by atoms with Gasteiger partial charge in [-0.15, -0.1) is 0 Å². The van der Waals surface area contributed by atoms with Gasteiger partial charge in [-0.1, -0.05) is 19.3 Å². The number of nitrogens with one attached hydrogen (secondary N) is 1. The van der Waals surface area contributed by atoms with E-state index in [2.05, 4.69) is 4.72 Å². The van der Waals surface area contributed by atoms with Gasteiger partial charge < -0.3 is 4.74 Å². The van der Waals surface area contributed by atoms with E-state index in [9.17, 15) is 8.42 Å². The second kappa shape index (κ2) is 5.68. The van der Waals surface area contributed by atoms with Crippen LogP contribution in [0.15, 0.2) is 0 Å². The van der Waals surface area contributed by atoms with Crippen molar-refractivity contribution < 1.29 is 13.2 Å². The third-order valence-electron chi connectivity index (χ3n) is 4.71. The summed E-state index contributed by atoms with van der Waals surface area (Å²) in [6.45, 7) is 2.72. The minimum absolute atomic E-state index is 0.0387. The minimum Gasteiger partial charge on any atom is -0.378 e. The van der Waals surface area contributed by atoms with E-state index in [1.165, 1.54) is 23.6 Å². The largest absolute Gasteiger partial charge is 0.378 e. The molecule has 1 spiro atoms. The quantitative estimate of drug-likeness (QED) is 0.835. The minimum atomic E-state index is -3.34. The predicted molar refractivity (Wildman–Crippen MR) is 75.1 cm³/mol. The zero-order chi connectivity index (χ0) is 14.1. The monoisotopic (exact) mass is 290 g/mol. The van der Waals surface area contributed by atoms with Crippen LogP contribution in [0.3, 0.4) is 0 Å². The molecule has 0 saturated heterocycles. The van der Waals surface area contributed by atoms with Crippen LogP contribution in [0.2, 0.25) is 0 Å². The molecule has 2 aliphatic carbocycles. The third-order valence-corrected chi connectivity index (χ3v) is 6.25. The highest BCUT2D eigenvalue weighted by Crippen LogP contribution is 2.53. The van der Waals surface area contributed by atoms with Crippen molar-refractivity contribution in [1.82, 2.24) is 9.03 Å². The van der Waals surface area contributed by atoms with Crippen molar-refractivity contribution in [1.29, 1.82) is 0 Å². The van der Waals surface area contributed by atoms with Crippen molar-refractivity contribution in [2.75, 3.05) is 20.7 Å². The Morgan fingerprint density at radius 3 is 2.42 bits per heavy atom. The molecule has 2 rings (SSSR count). The van der Waals surface area contributed by atoms with Gasteiger partial charge in [-0.25, -0.2) is 0 Å². The lowest BCUT2D eigenvalue weighted by atomic mass is 9.55. The molecule has 0 amide bonds. The maximum absolute atomic E-state index is 12.0. The van der Waals surface area contributed by atoms with Gasteiger partial charge in [-0.2, -0.15) is 17.4 Å². The number of ether oxygens (including phenoxy) is 1. The van der Waals surface area contributed by atoms with Gasteiger partial charge in [0.25, 0.3) is 10.2 Å². The summed E-state index contributed by atoms with van der Waals surface area (Å²) < 4.78 is 33.9. The van der Waals surface area contributed by atoms with E-state index >= 15 is 0 Å². The van der Waals surface area contributed by atoms with E-state index in [4.69, 9.17) is 4.74 Å². The first-order valence-corrected chi connectivity index (χ1v) is 8.68. The molecule has 0 bridgehead atoms. The van der Waals surface area contributed by atoms with Gasteiger partial charge in [0.15, 0.2) is 0 Å². The first-order valence-electron chi connectivity index (χ1n) is 7.24. The summed E-state index contributed by atoms with van der Waals surface area (Å²) in [7, 11) is -0.216. The lowest BCUT2D eigenvalue weighted by molar-refractivity contribution is -0.144. The smallest absolute Gasteiger partial charge is 0.279 e. The van der Waals surface area contributed by atoms with Crippen molar-refractivity contribution in [2.45, 2.75) is 57.6 Å². The number of nitrogens with zero attached hydrogens (tertiary/aromatic N) is 1. The summed E-state index contributed by atoms with van der Waals surface area (Å²) in [5.74, 6) is 0. The molecule has 0 aromatic rings. The van der Waals surface area contributed by atoms with Crippen molar-refractivity contribution in [3.63, 3.8) is 0 Å². The highest BCUT2D eigenvalue weighted by atomic mass is 32.2. The maximum Gasteiger partial charge on any atom is 0.279 e. The van der Waals surface area contributed by atoms with Gasteiger partial charge in [-0.3, -0.25) is 0 Å². The summed E-state index contributed by atoms with van der Waals surface area (Å²) in [6.07, 6.45) is 6.83. The fraction of sp³-hybridized carbons (Fsp3) is 1.00. The number of hydrogen-bond acceptors (Lipinski definition) is 3. The highest BCUT2D eigenvalue weighted by molar-refractivity contribution is 7.87. The molecule has 1 N–H and O–H groups in total. The molecule has 5 nitrogen and oxygen atoms in total. The fourth-order valence-electron chi connectivity index (χ4n) is 3.51. The Hall–Kier alpha value is -0.170. The third kappa shape index (κ3) is 2.82. The SMILES string of the molecule is CCO[C@@H]1C[C@@H](NS(=O)(=O)N(C)C)C12CCCCC2. The Morgan fingerprint density at radius 1 is 1.26 bits per heavy atom. The molecule has 2 saturated carbocycles. The van der Waals surface area contributed by atoms with Gasteiger partial charge in [0.2, 0.25) is 0 Å². The van der Waals surface area contributed by atoms with Crippen LogP contribution in [0.25, 0.3) is 0 Å². The second-order valence-electron chi connectivity index (χ2n) is 5.93. The zero-order valence-corrected chi connectivity index (χ0v) is 13.0. The van der Waals surface area contributed by atoms with E-state index in [1.54, 1.807) is 14.1 Å². The lowest BCUT2D eigenvalue weighted by Gasteiger charge is -2.57. The van der Waals surface area contributed by atoms with Crippen LogP contribution >= 0.6 is 0 Å². The molecule has 0 aliphatic heterocycles. The summed E-state index contributed by atoms with van der Waals surface area (Å²) in [5, 5.41) is 0. The van der Waals surface area contributed by atoms with Gasteiger partial charge in [0.05, 0.1) is 6.10 Å². The Kier molecular flexibility index (Phi) is 4.55. The van der Waals surface area contributed by atoms with Gasteiger partial charge >= 0.3 is 0 Å². The molecule has 2 fully saturated rings. The van der Waals surface area contributed by atoms with Crippen molar-refractivity contribution in [3.05, 3.63) is 0 Å². The Balaban J connectivity index is 2.09. The van der Waals surface area contributed by atoms with E-state index in [-0.39, 0.29) is 17.6 Å². The summed E-state index contributed by atoms with van der Waals surface area (Å²) in [5.41, 5.74) is 0.0390. The first-order chi connectivity index (χ1) is 8.92. The van der Waals surface area contributed by atoms with Crippen molar-refractivity contribution in [3.8, 4) is 0 Å². The lowest BCUT2D eigenvalue weighted by Crippen LogP contribution is -2.66. The molecule has 0 aromatic carbocycles. The average Bonchev–Trinajstić information content (AvgIpc) is 2.38. The molecule has 0 radical (unpaired) electrons. The molecule has 0 unspecified atom stereocenters. The average molecular weight is 290 g/mol. The molecule has 112 valence electrons. The van der Waals surface area contributed by atoms with E-state index in [1.807, 2.05) is 6.92 Å². The van der Waals surface area contributed by atoms with Crippen molar-refractivity contribution in [2.24, 2.45) is 5.41 Å². The Labute approximate surface area is 116 Å². The van der Waals surface area contributed by atoms with Crippen LogP contribution in [0.5, 0.6) is 0 Å². The topological polar surface area (TPSA) is 58.6 Å². The van der Waals surface area contributed by atoms with Crippen LogP contribution in [-0.4, -0.2) is 45.6 Å². The van der Waals surface area contributed by atoms with Gasteiger partial charge in [-0.05, 0) is 26.2 Å². The number of hydrogen-bond donors (Lipinski definition) is 1. The molecular formula is C13H26N2O3S. The normalized spacial score (nSPS) is 30.5. The summed E-state index contributed by atoms with van der Waals surface area (Å²) >= 11 is 0. The molecule has 0 heterocycles. The van der Waals surface area contributed by atoms with Gasteiger partial charge in [0.1, 0.15) is 0 Å². The van der Waals surface area contributed by atoms with Gasteiger partial charge in [0, 0.05) is 32.2 Å². The van der Waals surface area contributed by atoms with Crippen LogP contribution in [0, 0.1) is 5.41 Å². The highest BCUT2D eigenvalue weighted by Gasteiger charge is 2.56. The predicted octanol–water partition coefficient (Wildman–Crippen LogP) is 1.51. The van der Waals surface area contributed by atoms with E-state index in [0.717, 1.165) is 19.3 Å². The fourth-order valence-corrected chi connectivity index (χ4v) is 4.41. The van der Waals surface area contributed by atoms with Crippen LogP contribution in [-0.2, 0) is 14.9 Å². The zero-order valence-electron chi connectivity index (χ0n) is 12.2.